The molecule has 0 aliphatic carbocycles. The van der Waals surface area contributed by atoms with Crippen LogP contribution in [-0.2, 0) is 9.84 Å². The summed E-state index contributed by atoms with van der Waals surface area (Å²) in [5, 5.41) is 0. The van der Waals surface area contributed by atoms with Gasteiger partial charge in [-0.15, -0.1) is 0 Å². The molecule has 0 aliphatic heterocycles. The summed E-state index contributed by atoms with van der Waals surface area (Å²) >= 11 is 0. The molecule has 1 aromatic rings. The maximum Gasteiger partial charge on any atom is 0.183 e. The largest absolute Gasteiger partial charge is 0.292 e. The van der Waals surface area contributed by atoms with Gasteiger partial charge in [0.25, 0.3) is 0 Å². The first-order chi connectivity index (χ1) is 7.57. The summed E-state index contributed by atoms with van der Waals surface area (Å²) in [6.07, 6.45) is 1.09. The molecule has 0 N–H and O–H groups in total. The van der Waals surface area contributed by atoms with Crippen molar-refractivity contribution in [2.45, 2.75) is 32.4 Å². The number of hydrogen-bond donors (Lipinski definition) is 0. The van der Waals surface area contributed by atoms with Gasteiger partial charge in [-0.3, -0.25) is 4.79 Å². The standard InChI is InChI=1S/C13H18O3S/c1-9-6-7-11(10(2)8-9)12(14)13(3,4)17(5,15)16/h6-8H,1-5H3. The first kappa shape index (κ1) is 13.9. The van der Waals surface area contributed by atoms with Crippen LogP contribution in [0.3, 0.4) is 0 Å². The highest BCUT2D eigenvalue weighted by Crippen LogP contribution is 2.23. The van der Waals surface area contributed by atoms with Crippen molar-refractivity contribution < 1.29 is 13.2 Å². The number of ketones is 1. The van der Waals surface area contributed by atoms with Crippen molar-refractivity contribution in [3.8, 4) is 0 Å². The third kappa shape index (κ3) is 2.57. The number of sulfone groups is 1. The van der Waals surface area contributed by atoms with Gasteiger partial charge in [0.1, 0.15) is 4.75 Å². The number of carbonyl (C=O) groups is 1. The van der Waals surface area contributed by atoms with Crippen molar-refractivity contribution >= 4 is 15.6 Å². The Hall–Kier alpha value is -1.16. The van der Waals surface area contributed by atoms with Crippen LogP contribution in [0.15, 0.2) is 18.2 Å². The summed E-state index contributed by atoms with van der Waals surface area (Å²) in [7, 11) is -3.43. The molecule has 1 rings (SSSR count). The molecule has 0 saturated carbocycles. The number of carbonyl (C=O) groups excluding carboxylic acids is 1. The lowest BCUT2D eigenvalue weighted by Gasteiger charge is -2.22. The maximum atomic E-state index is 12.3. The second-order valence-corrected chi connectivity index (χ2v) is 7.49. The Labute approximate surface area is 103 Å². The third-order valence-corrected chi connectivity index (χ3v) is 5.14. The summed E-state index contributed by atoms with van der Waals surface area (Å²) in [4.78, 5) is 12.3. The van der Waals surface area contributed by atoms with E-state index < -0.39 is 14.6 Å². The number of rotatable bonds is 3. The van der Waals surface area contributed by atoms with Crippen LogP contribution in [0.1, 0.15) is 35.3 Å². The minimum absolute atomic E-state index is 0.350. The van der Waals surface area contributed by atoms with Crippen LogP contribution in [-0.4, -0.2) is 25.2 Å². The van der Waals surface area contributed by atoms with Crippen molar-refractivity contribution in [2.24, 2.45) is 0 Å². The molecular weight excluding hydrogens is 236 g/mol. The van der Waals surface area contributed by atoms with Gasteiger partial charge in [-0.05, 0) is 33.3 Å². The third-order valence-electron chi connectivity index (χ3n) is 3.10. The number of hydrogen-bond acceptors (Lipinski definition) is 3. The molecular formula is C13H18O3S. The lowest BCUT2D eigenvalue weighted by atomic mass is 9.95. The molecule has 0 saturated heterocycles. The van der Waals surface area contributed by atoms with Gasteiger partial charge in [-0.25, -0.2) is 8.42 Å². The van der Waals surface area contributed by atoms with E-state index in [0.29, 0.717) is 5.56 Å². The van der Waals surface area contributed by atoms with Crippen LogP contribution in [0.2, 0.25) is 0 Å². The Morgan fingerprint density at radius 2 is 1.71 bits per heavy atom. The molecule has 0 unspecified atom stereocenters. The van der Waals surface area contributed by atoms with Crippen molar-refractivity contribution in [1.29, 1.82) is 0 Å². The first-order valence-corrected chi connectivity index (χ1v) is 7.28. The highest BCUT2D eigenvalue weighted by Gasteiger charge is 2.39. The van der Waals surface area contributed by atoms with E-state index in [1.165, 1.54) is 13.8 Å². The van der Waals surface area contributed by atoms with Crippen LogP contribution < -0.4 is 0 Å². The molecule has 1 aromatic carbocycles. The summed E-state index contributed by atoms with van der Waals surface area (Å²) in [6, 6.07) is 5.39. The van der Waals surface area contributed by atoms with Gasteiger partial charge in [-0.2, -0.15) is 0 Å². The van der Waals surface area contributed by atoms with Crippen LogP contribution in [0.25, 0.3) is 0 Å². The fraction of sp³-hybridized carbons (Fsp3) is 0.462. The normalized spacial score (nSPS) is 12.5. The SMILES string of the molecule is Cc1ccc(C(=O)C(C)(C)S(C)(=O)=O)c(C)c1. The number of aryl methyl sites for hydroxylation is 2. The Morgan fingerprint density at radius 1 is 1.18 bits per heavy atom. The fourth-order valence-electron chi connectivity index (χ4n) is 1.56. The van der Waals surface area contributed by atoms with Crippen LogP contribution >= 0.6 is 0 Å². The van der Waals surface area contributed by atoms with E-state index in [4.69, 9.17) is 0 Å². The molecule has 0 amide bonds. The lowest BCUT2D eigenvalue weighted by Crippen LogP contribution is -2.40. The molecule has 17 heavy (non-hydrogen) atoms. The second kappa shape index (κ2) is 4.26. The molecule has 0 radical (unpaired) electrons. The highest BCUT2D eigenvalue weighted by molar-refractivity contribution is 7.92. The summed E-state index contributed by atoms with van der Waals surface area (Å²) in [5.74, 6) is -0.350. The topological polar surface area (TPSA) is 51.2 Å². The molecule has 0 spiro atoms. The van der Waals surface area contributed by atoms with E-state index in [-0.39, 0.29) is 5.78 Å². The number of benzene rings is 1. The van der Waals surface area contributed by atoms with E-state index in [0.717, 1.165) is 17.4 Å². The lowest BCUT2D eigenvalue weighted by molar-refractivity contribution is 0.0953. The minimum Gasteiger partial charge on any atom is -0.292 e. The zero-order chi connectivity index (χ0) is 13.4. The maximum absolute atomic E-state index is 12.3. The number of Topliss-reactive ketones (excluding diaryl/α,β-unsaturated/α-hetero) is 1. The average Bonchev–Trinajstić information content (AvgIpc) is 2.14. The zero-order valence-corrected chi connectivity index (χ0v) is 11.7. The summed E-state index contributed by atoms with van der Waals surface area (Å²) < 4.78 is 21.9. The Bertz CT molecular complexity index is 554. The quantitative estimate of drug-likeness (QED) is 0.778. The minimum atomic E-state index is -3.43. The van der Waals surface area contributed by atoms with Crippen molar-refractivity contribution in [2.75, 3.05) is 6.26 Å². The highest BCUT2D eigenvalue weighted by atomic mass is 32.2. The van der Waals surface area contributed by atoms with Gasteiger partial charge in [0, 0.05) is 11.8 Å². The molecule has 0 bridgehead atoms. The fourth-order valence-corrected chi connectivity index (χ4v) is 2.01. The van der Waals surface area contributed by atoms with E-state index in [1.54, 1.807) is 6.07 Å². The Balaban J connectivity index is 3.32. The van der Waals surface area contributed by atoms with Crippen molar-refractivity contribution in [3.63, 3.8) is 0 Å². The summed E-state index contributed by atoms with van der Waals surface area (Å²) in [5.41, 5.74) is 2.34. The predicted molar refractivity (Wildman–Crippen MR) is 69.2 cm³/mol. The van der Waals surface area contributed by atoms with Gasteiger partial charge in [-0.1, -0.05) is 23.8 Å². The monoisotopic (exact) mass is 254 g/mol. The van der Waals surface area contributed by atoms with Gasteiger partial charge >= 0.3 is 0 Å². The van der Waals surface area contributed by atoms with E-state index in [2.05, 4.69) is 0 Å². The first-order valence-electron chi connectivity index (χ1n) is 5.39. The van der Waals surface area contributed by atoms with Gasteiger partial charge < -0.3 is 0 Å². The molecule has 0 atom stereocenters. The molecule has 3 nitrogen and oxygen atoms in total. The molecule has 4 heteroatoms. The van der Waals surface area contributed by atoms with E-state index in [1.807, 2.05) is 26.0 Å². The van der Waals surface area contributed by atoms with E-state index >= 15 is 0 Å². The molecule has 0 aliphatic rings. The second-order valence-electron chi connectivity index (χ2n) is 4.93. The van der Waals surface area contributed by atoms with Gasteiger partial charge in [0.15, 0.2) is 15.6 Å². The van der Waals surface area contributed by atoms with Gasteiger partial charge in [0.05, 0.1) is 0 Å². The molecule has 94 valence electrons. The summed E-state index contributed by atoms with van der Waals surface area (Å²) in [6.45, 7) is 6.65. The van der Waals surface area contributed by atoms with Crippen molar-refractivity contribution in [3.05, 3.63) is 34.9 Å². The Morgan fingerprint density at radius 3 is 2.12 bits per heavy atom. The van der Waals surface area contributed by atoms with Crippen LogP contribution in [0.5, 0.6) is 0 Å². The molecule has 0 fully saturated rings. The van der Waals surface area contributed by atoms with Crippen LogP contribution in [0.4, 0.5) is 0 Å². The van der Waals surface area contributed by atoms with Crippen molar-refractivity contribution in [1.82, 2.24) is 0 Å². The van der Waals surface area contributed by atoms with E-state index in [9.17, 15) is 13.2 Å². The molecule has 0 heterocycles. The Kier molecular flexibility index (Phi) is 3.48. The average molecular weight is 254 g/mol. The zero-order valence-electron chi connectivity index (χ0n) is 10.9. The molecule has 0 aromatic heterocycles. The van der Waals surface area contributed by atoms with Gasteiger partial charge in [0.2, 0.25) is 0 Å². The van der Waals surface area contributed by atoms with Crippen LogP contribution in [0, 0.1) is 13.8 Å². The predicted octanol–water partition coefficient (Wildman–Crippen LogP) is 2.31. The smallest absolute Gasteiger partial charge is 0.183 e.